The van der Waals surface area contributed by atoms with Gasteiger partial charge >= 0.3 is 0 Å². The first-order valence-corrected chi connectivity index (χ1v) is 15.0. The molecule has 3 heteroatoms. The van der Waals surface area contributed by atoms with Gasteiger partial charge in [0.15, 0.2) is 0 Å². The first-order chi connectivity index (χ1) is 20.8. The van der Waals surface area contributed by atoms with Crippen molar-refractivity contribution in [3.05, 3.63) is 146 Å². The Morgan fingerprint density at radius 3 is 2.12 bits per heavy atom. The Kier molecular flexibility index (Phi) is 5.10. The number of pyridine rings is 1. The van der Waals surface area contributed by atoms with Gasteiger partial charge in [-0.15, -0.1) is 11.3 Å². The summed E-state index contributed by atoms with van der Waals surface area (Å²) in [5.41, 5.74) is 9.03. The van der Waals surface area contributed by atoms with E-state index in [9.17, 15) is 0 Å². The smallest absolute Gasteiger partial charge is 0.0985 e. The molecule has 0 unspecified atom stereocenters. The van der Waals surface area contributed by atoms with Gasteiger partial charge < -0.3 is 4.57 Å². The van der Waals surface area contributed by atoms with E-state index >= 15 is 0 Å². The first kappa shape index (κ1) is 23.5. The number of rotatable bonds is 3. The Balaban J connectivity index is 1.28. The monoisotopic (exact) mass is 552 g/mol. The second-order valence-corrected chi connectivity index (χ2v) is 11.9. The SMILES string of the molecule is c1ccc(-c2ccc3c(n2)c2c4sc5ccccc5c4ccc2n3-c2ccc(-c3ccc4ccccc4c3)cc2)cc1. The summed E-state index contributed by atoms with van der Waals surface area (Å²) < 4.78 is 4.98. The van der Waals surface area contributed by atoms with Crippen molar-refractivity contribution in [2.45, 2.75) is 0 Å². The summed E-state index contributed by atoms with van der Waals surface area (Å²) in [7, 11) is 0. The second-order valence-electron chi connectivity index (χ2n) is 10.8. The van der Waals surface area contributed by atoms with Crippen molar-refractivity contribution >= 4 is 64.2 Å². The lowest BCUT2D eigenvalue weighted by Gasteiger charge is -2.10. The molecule has 9 aromatic rings. The van der Waals surface area contributed by atoms with E-state index in [1.165, 1.54) is 53.0 Å². The maximum absolute atomic E-state index is 5.32. The molecule has 0 N–H and O–H groups in total. The summed E-state index contributed by atoms with van der Waals surface area (Å²) >= 11 is 1.86. The Hall–Kier alpha value is -5.25. The van der Waals surface area contributed by atoms with Gasteiger partial charge in [-0.2, -0.15) is 0 Å². The second kappa shape index (κ2) is 9.13. The molecule has 0 amide bonds. The standard InChI is InChI=1S/C39H24N2S/c1-2-9-27(10-3-1)33-21-23-35-38(40-33)37-34(22-20-32-31-12-6-7-13-36(31)42-39(32)37)41(35)30-18-16-26(17-19-30)29-15-14-25-8-4-5-11-28(25)24-29/h1-24H. The highest BCUT2D eigenvalue weighted by molar-refractivity contribution is 7.26. The van der Waals surface area contributed by atoms with Gasteiger partial charge in [-0.25, -0.2) is 4.98 Å². The van der Waals surface area contributed by atoms with Crippen LogP contribution in [0.15, 0.2) is 146 Å². The van der Waals surface area contributed by atoms with Crippen LogP contribution in [0, 0.1) is 0 Å². The third-order valence-electron chi connectivity index (χ3n) is 8.40. The molecule has 3 aromatic heterocycles. The Bertz CT molecular complexity index is 2450. The average molecular weight is 553 g/mol. The molecule has 42 heavy (non-hydrogen) atoms. The number of aromatic nitrogens is 2. The van der Waals surface area contributed by atoms with Gasteiger partial charge in [-0.3, -0.25) is 0 Å². The van der Waals surface area contributed by atoms with Crippen molar-refractivity contribution in [2.75, 3.05) is 0 Å². The molecule has 0 aliphatic rings. The van der Waals surface area contributed by atoms with Crippen LogP contribution in [0.5, 0.6) is 0 Å². The van der Waals surface area contributed by atoms with Crippen molar-refractivity contribution < 1.29 is 0 Å². The number of hydrogen-bond acceptors (Lipinski definition) is 2. The summed E-state index contributed by atoms with van der Waals surface area (Å²) in [5, 5.41) is 6.34. The molecule has 2 nitrogen and oxygen atoms in total. The molecule has 9 rings (SSSR count). The quantitative estimate of drug-likeness (QED) is 0.213. The predicted octanol–water partition coefficient (Wildman–Crippen LogP) is 11.0. The summed E-state index contributed by atoms with van der Waals surface area (Å²) in [4.78, 5) is 5.32. The molecular weight excluding hydrogens is 529 g/mol. The van der Waals surface area contributed by atoms with E-state index in [0.717, 1.165) is 28.0 Å². The van der Waals surface area contributed by atoms with E-state index in [0.29, 0.717) is 0 Å². The predicted molar refractivity (Wildman–Crippen MR) is 180 cm³/mol. The van der Waals surface area contributed by atoms with Gasteiger partial charge in [-0.05, 0) is 64.4 Å². The number of nitrogens with zero attached hydrogens (tertiary/aromatic N) is 2. The highest BCUT2D eigenvalue weighted by Gasteiger charge is 2.19. The van der Waals surface area contributed by atoms with Gasteiger partial charge in [0.1, 0.15) is 0 Å². The molecule has 0 aliphatic heterocycles. The van der Waals surface area contributed by atoms with E-state index in [-0.39, 0.29) is 0 Å². The molecule has 0 saturated carbocycles. The zero-order chi connectivity index (χ0) is 27.6. The molecule has 0 fully saturated rings. The summed E-state index contributed by atoms with van der Waals surface area (Å²) in [6.45, 7) is 0. The lowest BCUT2D eigenvalue weighted by Crippen LogP contribution is -1.94. The third kappa shape index (κ3) is 3.54. The molecule has 196 valence electrons. The van der Waals surface area contributed by atoms with E-state index in [2.05, 4.69) is 150 Å². The number of benzene rings is 6. The molecule has 0 aliphatic carbocycles. The van der Waals surface area contributed by atoms with Crippen LogP contribution in [0.1, 0.15) is 0 Å². The molecule has 6 aromatic carbocycles. The van der Waals surface area contributed by atoms with Crippen molar-refractivity contribution in [3.8, 4) is 28.1 Å². The largest absolute Gasteiger partial charge is 0.308 e. The fourth-order valence-corrected chi connectivity index (χ4v) is 7.61. The maximum atomic E-state index is 5.32. The molecule has 0 spiro atoms. The topological polar surface area (TPSA) is 17.8 Å². The van der Waals surface area contributed by atoms with Crippen LogP contribution in [-0.2, 0) is 0 Å². The zero-order valence-corrected chi connectivity index (χ0v) is 23.5. The van der Waals surface area contributed by atoms with E-state index in [4.69, 9.17) is 4.98 Å². The lowest BCUT2D eigenvalue weighted by molar-refractivity contribution is 1.18. The van der Waals surface area contributed by atoms with Gasteiger partial charge in [0, 0.05) is 36.8 Å². The first-order valence-electron chi connectivity index (χ1n) is 14.2. The summed E-state index contributed by atoms with van der Waals surface area (Å²) in [5.74, 6) is 0. The summed E-state index contributed by atoms with van der Waals surface area (Å²) in [6.07, 6.45) is 0. The van der Waals surface area contributed by atoms with Crippen LogP contribution >= 0.6 is 11.3 Å². The van der Waals surface area contributed by atoms with Crippen LogP contribution in [0.4, 0.5) is 0 Å². The average Bonchev–Trinajstić information content (AvgIpc) is 3.60. The van der Waals surface area contributed by atoms with Gasteiger partial charge in [0.25, 0.3) is 0 Å². The minimum atomic E-state index is 0.993. The minimum absolute atomic E-state index is 0.993. The third-order valence-corrected chi connectivity index (χ3v) is 9.60. The van der Waals surface area contributed by atoms with Crippen LogP contribution in [-0.4, -0.2) is 9.55 Å². The van der Waals surface area contributed by atoms with E-state index < -0.39 is 0 Å². The van der Waals surface area contributed by atoms with Crippen molar-refractivity contribution in [1.29, 1.82) is 0 Å². The van der Waals surface area contributed by atoms with Gasteiger partial charge in [0.2, 0.25) is 0 Å². The molecule has 0 atom stereocenters. The lowest BCUT2D eigenvalue weighted by atomic mass is 10.0. The van der Waals surface area contributed by atoms with Crippen molar-refractivity contribution in [1.82, 2.24) is 9.55 Å². The zero-order valence-electron chi connectivity index (χ0n) is 22.7. The maximum Gasteiger partial charge on any atom is 0.0985 e. The molecule has 0 bridgehead atoms. The van der Waals surface area contributed by atoms with Crippen molar-refractivity contribution in [3.63, 3.8) is 0 Å². The van der Waals surface area contributed by atoms with Crippen LogP contribution in [0.3, 0.4) is 0 Å². The number of hydrogen-bond donors (Lipinski definition) is 0. The number of fused-ring (bicyclic) bond motifs is 8. The fourth-order valence-electron chi connectivity index (χ4n) is 6.36. The van der Waals surface area contributed by atoms with Crippen LogP contribution in [0.25, 0.3) is 81.0 Å². The van der Waals surface area contributed by atoms with Gasteiger partial charge in [0.05, 0.1) is 22.2 Å². The Morgan fingerprint density at radius 2 is 1.24 bits per heavy atom. The van der Waals surface area contributed by atoms with Crippen LogP contribution in [0.2, 0.25) is 0 Å². The van der Waals surface area contributed by atoms with Crippen LogP contribution < -0.4 is 0 Å². The van der Waals surface area contributed by atoms with Crippen molar-refractivity contribution in [2.24, 2.45) is 0 Å². The van der Waals surface area contributed by atoms with E-state index in [1.54, 1.807) is 0 Å². The summed E-state index contributed by atoms with van der Waals surface area (Å²) in [6, 6.07) is 52.3. The van der Waals surface area contributed by atoms with Gasteiger partial charge in [-0.1, -0.05) is 103 Å². The molecule has 0 saturated heterocycles. The Labute approximate surface area is 246 Å². The molecular formula is C39H24N2S. The highest BCUT2D eigenvalue weighted by atomic mass is 32.1. The fraction of sp³-hybridized carbons (Fsp3) is 0. The highest BCUT2D eigenvalue weighted by Crippen LogP contribution is 2.43. The molecule has 3 heterocycles. The minimum Gasteiger partial charge on any atom is -0.308 e. The normalized spacial score (nSPS) is 11.8. The van der Waals surface area contributed by atoms with E-state index in [1.807, 2.05) is 11.3 Å². The Morgan fingerprint density at radius 1 is 0.500 bits per heavy atom. The molecule has 0 radical (unpaired) electrons. The number of thiophene rings is 1.